The van der Waals surface area contributed by atoms with Gasteiger partial charge in [-0.05, 0) is 55.0 Å². The van der Waals surface area contributed by atoms with Crippen LogP contribution in [-0.2, 0) is 0 Å². The number of nitrogens with zero attached hydrogens (tertiary/aromatic N) is 2. The zero-order valence-corrected chi connectivity index (χ0v) is 17.2. The molecule has 1 atom stereocenters. The maximum Gasteiger partial charge on any atom is 0.257 e. The van der Waals surface area contributed by atoms with E-state index >= 15 is 0 Å². The molecule has 0 spiro atoms. The molecule has 0 saturated heterocycles. The van der Waals surface area contributed by atoms with Crippen LogP contribution in [0.4, 0.5) is 16.0 Å². The third-order valence-corrected chi connectivity index (χ3v) is 5.58. The molecule has 9 heteroatoms. The van der Waals surface area contributed by atoms with Gasteiger partial charge in [-0.2, -0.15) is 5.10 Å². The Hall–Kier alpha value is -3.23. The normalized spacial score (nSPS) is 14.7. The van der Waals surface area contributed by atoms with Gasteiger partial charge in [0.1, 0.15) is 17.5 Å². The molecule has 1 unspecified atom stereocenters. The Labute approximate surface area is 180 Å². The minimum Gasteiger partial charge on any atom is -0.326 e. The van der Waals surface area contributed by atoms with Gasteiger partial charge in [0.15, 0.2) is 4.77 Å². The lowest BCUT2D eigenvalue weighted by molar-refractivity contribution is 0.624. The van der Waals surface area contributed by atoms with Crippen molar-refractivity contribution >= 4 is 35.5 Å². The quantitative estimate of drug-likeness (QED) is 0.340. The van der Waals surface area contributed by atoms with Gasteiger partial charge in [0.2, 0.25) is 0 Å². The summed E-state index contributed by atoms with van der Waals surface area (Å²) in [5.74, 6) is 0.200. The Kier molecular flexibility index (Phi) is 4.34. The summed E-state index contributed by atoms with van der Waals surface area (Å²) in [6.45, 7) is 1.86. The lowest BCUT2D eigenvalue weighted by Gasteiger charge is -2.27. The molecule has 5 rings (SSSR count). The van der Waals surface area contributed by atoms with Crippen molar-refractivity contribution in [2.24, 2.45) is 0 Å². The number of hydrogen-bond acceptors (Lipinski definition) is 4. The summed E-state index contributed by atoms with van der Waals surface area (Å²) in [5, 5.41) is 8.52. The van der Waals surface area contributed by atoms with Crippen LogP contribution in [0.1, 0.15) is 28.3 Å². The van der Waals surface area contributed by atoms with Gasteiger partial charge in [-0.15, -0.1) is 0 Å². The summed E-state index contributed by atoms with van der Waals surface area (Å²) in [4.78, 5) is 18.5. The van der Waals surface area contributed by atoms with Crippen LogP contribution in [0.5, 0.6) is 0 Å². The Morgan fingerprint density at radius 2 is 1.93 bits per heavy atom. The van der Waals surface area contributed by atoms with Crippen LogP contribution in [0.15, 0.2) is 53.3 Å². The van der Waals surface area contributed by atoms with E-state index in [-0.39, 0.29) is 16.1 Å². The van der Waals surface area contributed by atoms with E-state index in [1.54, 1.807) is 28.9 Å². The summed E-state index contributed by atoms with van der Waals surface area (Å²) in [7, 11) is 0. The SMILES string of the molecule is Cc1nn(-c2cccc(Cl)c2)c2c1C(c1cccc(F)c1)c1c([nH]c(=S)[nH]c1=O)N2. The first-order valence-corrected chi connectivity index (χ1v) is 9.95. The molecule has 2 aromatic heterocycles. The predicted octanol–water partition coefficient (Wildman–Crippen LogP) is 4.96. The van der Waals surface area contributed by atoms with Crippen LogP contribution in [0.2, 0.25) is 5.02 Å². The van der Waals surface area contributed by atoms with Crippen molar-refractivity contribution in [3.05, 3.63) is 96.9 Å². The topological polar surface area (TPSA) is 78.5 Å². The largest absolute Gasteiger partial charge is 0.326 e. The molecule has 150 valence electrons. The van der Waals surface area contributed by atoms with Crippen molar-refractivity contribution < 1.29 is 4.39 Å². The summed E-state index contributed by atoms with van der Waals surface area (Å²) >= 11 is 11.3. The molecule has 3 N–H and O–H groups in total. The van der Waals surface area contributed by atoms with E-state index in [2.05, 4.69) is 20.4 Å². The number of anilines is 2. The van der Waals surface area contributed by atoms with E-state index in [0.29, 0.717) is 33.5 Å². The third kappa shape index (κ3) is 2.96. The fourth-order valence-corrected chi connectivity index (χ4v) is 4.33. The number of fused-ring (bicyclic) bond motifs is 2. The Morgan fingerprint density at radius 3 is 2.70 bits per heavy atom. The minimum absolute atomic E-state index is 0.193. The molecule has 30 heavy (non-hydrogen) atoms. The van der Waals surface area contributed by atoms with Crippen molar-refractivity contribution in [3.63, 3.8) is 0 Å². The van der Waals surface area contributed by atoms with E-state index in [4.69, 9.17) is 23.8 Å². The van der Waals surface area contributed by atoms with Gasteiger partial charge in [-0.1, -0.05) is 29.8 Å². The second-order valence-corrected chi connectivity index (χ2v) is 7.89. The van der Waals surface area contributed by atoms with Crippen molar-refractivity contribution in [1.29, 1.82) is 0 Å². The first kappa shape index (κ1) is 18.8. The summed E-state index contributed by atoms with van der Waals surface area (Å²) in [6.07, 6.45) is 0. The zero-order chi connectivity index (χ0) is 21.0. The number of H-pyrrole nitrogens is 2. The monoisotopic (exact) mass is 439 g/mol. The number of nitrogens with one attached hydrogen (secondary N) is 3. The maximum absolute atomic E-state index is 14.1. The Morgan fingerprint density at radius 1 is 1.13 bits per heavy atom. The number of rotatable bonds is 2. The molecule has 4 aromatic rings. The van der Waals surface area contributed by atoms with Gasteiger partial charge in [0, 0.05) is 16.5 Å². The molecular formula is C21H15ClFN5OS. The number of aryl methyl sites for hydroxylation is 1. The predicted molar refractivity (Wildman–Crippen MR) is 116 cm³/mol. The summed E-state index contributed by atoms with van der Waals surface area (Å²) < 4.78 is 16.0. The van der Waals surface area contributed by atoms with Crippen LogP contribution >= 0.6 is 23.8 Å². The lowest BCUT2D eigenvalue weighted by Crippen LogP contribution is -2.26. The van der Waals surface area contributed by atoms with Crippen molar-refractivity contribution in [2.45, 2.75) is 12.8 Å². The highest BCUT2D eigenvalue weighted by atomic mass is 35.5. The van der Waals surface area contributed by atoms with E-state index in [0.717, 1.165) is 11.3 Å². The average Bonchev–Trinajstić information content (AvgIpc) is 3.02. The molecular weight excluding hydrogens is 425 g/mol. The van der Waals surface area contributed by atoms with Gasteiger partial charge in [0.05, 0.1) is 16.9 Å². The molecule has 3 heterocycles. The number of hydrogen-bond donors (Lipinski definition) is 3. The molecule has 0 aliphatic carbocycles. The average molecular weight is 440 g/mol. The number of aromatic amines is 2. The lowest BCUT2D eigenvalue weighted by atomic mass is 9.83. The van der Waals surface area contributed by atoms with Gasteiger partial charge >= 0.3 is 0 Å². The smallest absolute Gasteiger partial charge is 0.257 e. The van der Waals surface area contributed by atoms with Crippen LogP contribution < -0.4 is 10.9 Å². The third-order valence-electron chi connectivity index (χ3n) is 5.14. The molecule has 2 aromatic carbocycles. The van der Waals surface area contributed by atoms with Crippen LogP contribution in [0, 0.1) is 17.5 Å². The molecule has 1 aliphatic heterocycles. The summed E-state index contributed by atoms with van der Waals surface area (Å²) in [6, 6.07) is 13.5. The second kappa shape index (κ2) is 6.93. The fourth-order valence-electron chi connectivity index (χ4n) is 3.95. The molecule has 0 radical (unpaired) electrons. The van der Waals surface area contributed by atoms with E-state index in [9.17, 15) is 9.18 Å². The van der Waals surface area contributed by atoms with E-state index < -0.39 is 5.92 Å². The van der Waals surface area contributed by atoms with Crippen molar-refractivity contribution in [3.8, 4) is 5.69 Å². The molecule has 1 aliphatic rings. The van der Waals surface area contributed by atoms with Gasteiger partial charge in [-0.3, -0.25) is 9.78 Å². The molecule has 0 amide bonds. The molecule has 0 saturated carbocycles. The first-order valence-electron chi connectivity index (χ1n) is 9.17. The van der Waals surface area contributed by atoms with Crippen LogP contribution in [0.3, 0.4) is 0 Å². The summed E-state index contributed by atoms with van der Waals surface area (Å²) in [5.41, 5.74) is 2.97. The second-order valence-electron chi connectivity index (χ2n) is 7.05. The Bertz CT molecular complexity index is 1420. The molecule has 0 bridgehead atoms. The minimum atomic E-state index is -0.532. The molecule has 0 fully saturated rings. The zero-order valence-electron chi connectivity index (χ0n) is 15.7. The highest BCUT2D eigenvalue weighted by Crippen LogP contribution is 2.44. The van der Waals surface area contributed by atoms with E-state index in [1.807, 2.05) is 19.1 Å². The fraction of sp³-hybridized carbons (Fsp3) is 0.0952. The van der Waals surface area contributed by atoms with Gasteiger partial charge in [0.25, 0.3) is 5.56 Å². The maximum atomic E-state index is 14.1. The highest BCUT2D eigenvalue weighted by molar-refractivity contribution is 7.71. The standard InChI is InChI=1S/C21H15ClFN5OS/c1-10-15-16(11-4-2-6-13(23)8-11)17-18(25-21(30)26-20(17)29)24-19(15)28(27-10)14-7-3-5-12(22)9-14/h2-9,16H,1H3,(H3,24,25,26,29,30). The van der Waals surface area contributed by atoms with Crippen molar-refractivity contribution in [2.75, 3.05) is 5.32 Å². The molecule has 6 nitrogen and oxygen atoms in total. The number of halogens is 2. The van der Waals surface area contributed by atoms with Gasteiger partial charge < -0.3 is 10.3 Å². The van der Waals surface area contributed by atoms with Crippen LogP contribution in [-0.4, -0.2) is 19.7 Å². The number of benzene rings is 2. The Balaban J connectivity index is 1.83. The number of aromatic nitrogens is 4. The highest BCUT2D eigenvalue weighted by Gasteiger charge is 2.35. The van der Waals surface area contributed by atoms with E-state index in [1.165, 1.54) is 12.1 Å². The van der Waals surface area contributed by atoms with Crippen LogP contribution in [0.25, 0.3) is 5.69 Å². The van der Waals surface area contributed by atoms with Gasteiger partial charge in [-0.25, -0.2) is 9.07 Å². The first-order chi connectivity index (χ1) is 14.4. The van der Waals surface area contributed by atoms with Crippen molar-refractivity contribution in [1.82, 2.24) is 19.7 Å².